The predicted molar refractivity (Wildman–Crippen MR) is 119 cm³/mol. The minimum absolute atomic E-state index is 0.0426. The number of nitrogens with two attached hydrogens (primary N) is 1. The van der Waals surface area contributed by atoms with Crippen LogP contribution in [0, 0.1) is 0 Å². The van der Waals surface area contributed by atoms with Gasteiger partial charge in [-0.15, -0.1) is 0 Å². The van der Waals surface area contributed by atoms with Crippen molar-refractivity contribution in [3.8, 4) is 11.1 Å². The molecule has 1 atom stereocenters. The summed E-state index contributed by atoms with van der Waals surface area (Å²) in [6.07, 6.45) is 3.30. The van der Waals surface area contributed by atoms with Crippen LogP contribution < -0.4 is 11.1 Å². The molecule has 164 valence electrons. The number of aromatic nitrogens is 2. The molecule has 3 N–H and O–H groups in total. The van der Waals surface area contributed by atoms with E-state index in [-0.39, 0.29) is 12.0 Å². The van der Waals surface area contributed by atoms with E-state index in [0.29, 0.717) is 38.3 Å². The van der Waals surface area contributed by atoms with Gasteiger partial charge in [-0.1, -0.05) is 24.3 Å². The van der Waals surface area contributed by atoms with Crippen LogP contribution in [0.4, 0.5) is 0 Å². The molecule has 1 aromatic carbocycles. The first-order valence-corrected chi connectivity index (χ1v) is 10.5. The predicted octanol–water partition coefficient (Wildman–Crippen LogP) is 1.93. The smallest absolute Gasteiger partial charge is 0.248 e. The summed E-state index contributed by atoms with van der Waals surface area (Å²) in [6, 6.07) is 16.6. The van der Waals surface area contributed by atoms with Crippen LogP contribution in [-0.2, 0) is 16.1 Å². The van der Waals surface area contributed by atoms with E-state index in [2.05, 4.69) is 20.2 Å². The van der Waals surface area contributed by atoms with Gasteiger partial charge in [-0.3, -0.25) is 24.5 Å². The molecule has 0 bridgehead atoms. The molecule has 4 rings (SSSR count). The van der Waals surface area contributed by atoms with Gasteiger partial charge in [0, 0.05) is 36.6 Å². The first kappa shape index (κ1) is 21.6. The van der Waals surface area contributed by atoms with Crippen LogP contribution in [0.2, 0.25) is 0 Å². The third-order valence-corrected chi connectivity index (χ3v) is 5.33. The number of primary amides is 1. The van der Waals surface area contributed by atoms with Crippen LogP contribution in [0.5, 0.6) is 0 Å². The van der Waals surface area contributed by atoms with Gasteiger partial charge in [-0.2, -0.15) is 0 Å². The van der Waals surface area contributed by atoms with Gasteiger partial charge in [0.1, 0.15) is 6.10 Å². The van der Waals surface area contributed by atoms with Gasteiger partial charge in [-0.25, -0.2) is 0 Å². The topological polar surface area (TPSA) is 110 Å². The number of rotatable bonds is 7. The minimum Gasteiger partial charge on any atom is -0.369 e. The maximum Gasteiger partial charge on any atom is 0.248 e. The van der Waals surface area contributed by atoms with Crippen molar-refractivity contribution in [3.05, 3.63) is 83.9 Å². The Balaban J connectivity index is 1.32. The Morgan fingerprint density at radius 1 is 1.06 bits per heavy atom. The Kier molecular flexibility index (Phi) is 6.84. The Bertz CT molecular complexity index is 1060. The molecule has 1 aliphatic heterocycles. The van der Waals surface area contributed by atoms with Gasteiger partial charge in [-0.05, 0) is 35.9 Å². The van der Waals surface area contributed by atoms with E-state index in [0.717, 1.165) is 22.5 Å². The lowest BCUT2D eigenvalue weighted by Crippen LogP contribution is -2.44. The maximum atomic E-state index is 12.3. The standard InChI is InChI=1S/C24H25N5O3/c25-24(31)18-6-4-17(5-7-18)19-8-9-21(27-13-19)22-15-29(11-12-32-22)16-23(30)28-14-20-3-1-2-10-26-20/h1-10,13,22H,11-12,14-16H2,(H2,25,31)(H,28,30)/t22-/m0/s1. The molecule has 0 unspecified atom stereocenters. The van der Waals surface area contributed by atoms with Crippen molar-refractivity contribution < 1.29 is 14.3 Å². The first-order chi connectivity index (χ1) is 15.6. The Morgan fingerprint density at radius 3 is 2.56 bits per heavy atom. The number of nitrogens with zero attached hydrogens (tertiary/aromatic N) is 3. The van der Waals surface area contributed by atoms with Gasteiger partial charge < -0.3 is 15.8 Å². The van der Waals surface area contributed by atoms with E-state index in [9.17, 15) is 9.59 Å². The van der Waals surface area contributed by atoms with Gasteiger partial charge in [0.2, 0.25) is 11.8 Å². The fraction of sp³-hybridized carbons (Fsp3) is 0.250. The second-order valence-corrected chi connectivity index (χ2v) is 7.61. The van der Waals surface area contributed by atoms with E-state index in [1.807, 2.05) is 42.5 Å². The number of carbonyl (C=O) groups excluding carboxylic acids is 2. The molecule has 2 aromatic heterocycles. The largest absolute Gasteiger partial charge is 0.369 e. The molecule has 32 heavy (non-hydrogen) atoms. The fourth-order valence-electron chi connectivity index (χ4n) is 3.57. The molecule has 1 aliphatic rings. The number of pyridine rings is 2. The summed E-state index contributed by atoms with van der Waals surface area (Å²) in [6.45, 7) is 2.54. The van der Waals surface area contributed by atoms with E-state index in [4.69, 9.17) is 10.5 Å². The van der Waals surface area contributed by atoms with Crippen LogP contribution in [-0.4, -0.2) is 52.9 Å². The lowest BCUT2D eigenvalue weighted by Gasteiger charge is -2.32. The normalized spacial score (nSPS) is 16.4. The molecule has 3 heterocycles. The second kappa shape index (κ2) is 10.1. The van der Waals surface area contributed by atoms with Crippen molar-refractivity contribution in [2.45, 2.75) is 12.6 Å². The van der Waals surface area contributed by atoms with Gasteiger partial charge >= 0.3 is 0 Å². The number of nitrogens with one attached hydrogen (secondary N) is 1. The van der Waals surface area contributed by atoms with E-state index in [1.54, 1.807) is 24.5 Å². The van der Waals surface area contributed by atoms with Crippen molar-refractivity contribution in [3.63, 3.8) is 0 Å². The number of amides is 2. The van der Waals surface area contributed by atoms with E-state index in [1.165, 1.54) is 0 Å². The summed E-state index contributed by atoms with van der Waals surface area (Å²) in [4.78, 5) is 34.4. The molecule has 8 heteroatoms. The number of hydrogen-bond donors (Lipinski definition) is 2. The summed E-state index contributed by atoms with van der Waals surface area (Å²) < 4.78 is 5.90. The zero-order chi connectivity index (χ0) is 22.3. The van der Waals surface area contributed by atoms with Crippen LogP contribution in [0.3, 0.4) is 0 Å². The average molecular weight is 431 g/mol. The average Bonchev–Trinajstić information content (AvgIpc) is 2.84. The number of morpholine rings is 1. The third-order valence-electron chi connectivity index (χ3n) is 5.33. The number of carbonyl (C=O) groups is 2. The van der Waals surface area contributed by atoms with Crippen molar-refractivity contribution in [2.24, 2.45) is 5.73 Å². The summed E-state index contributed by atoms with van der Waals surface area (Å²) in [5, 5.41) is 2.91. The van der Waals surface area contributed by atoms with E-state index < -0.39 is 5.91 Å². The van der Waals surface area contributed by atoms with E-state index >= 15 is 0 Å². The maximum absolute atomic E-state index is 12.3. The van der Waals surface area contributed by atoms with Crippen LogP contribution >= 0.6 is 0 Å². The monoisotopic (exact) mass is 431 g/mol. The van der Waals surface area contributed by atoms with Crippen LogP contribution in [0.25, 0.3) is 11.1 Å². The SMILES string of the molecule is NC(=O)c1ccc(-c2ccc([C@@H]3CN(CC(=O)NCc4ccccn4)CCO3)nc2)cc1. The number of hydrogen-bond acceptors (Lipinski definition) is 6. The highest BCUT2D eigenvalue weighted by atomic mass is 16.5. The zero-order valence-electron chi connectivity index (χ0n) is 17.6. The Hall–Kier alpha value is -3.62. The lowest BCUT2D eigenvalue weighted by molar-refractivity contribution is -0.124. The number of benzene rings is 1. The molecule has 8 nitrogen and oxygen atoms in total. The Labute approximate surface area is 186 Å². The van der Waals surface area contributed by atoms with Crippen LogP contribution in [0.1, 0.15) is 27.8 Å². The van der Waals surface area contributed by atoms with Gasteiger partial charge in [0.05, 0.1) is 31.1 Å². The molecule has 1 fully saturated rings. The summed E-state index contributed by atoms with van der Waals surface area (Å²) in [7, 11) is 0. The van der Waals surface area contributed by atoms with Crippen molar-refractivity contribution in [1.82, 2.24) is 20.2 Å². The van der Waals surface area contributed by atoms with Crippen molar-refractivity contribution in [1.29, 1.82) is 0 Å². The molecular formula is C24H25N5O3. The molecule has 1 saturated heterocycles. The van der Waals surface area contributed by atoms with Gasteiger partial charge in [0.15, 0.2) is 0 Å². The van der Waals surface area contributed by atoms with Gasteiger partial charge in [0.25, 0.3) is 0 Å². The highest BCUT2D eigenvalue weighted by molar-refractivity contribution is 5.93. The third kappa shape index (κ3) is 5.54. The zero-order valence-corrected chi connectivity index (χ0v) is 17.6. The summed E-state index contributed by atoms with van der Waals surface area (Å²) >= 11 is 0. The summed E-state index contributed by atoms with van der Waals surface area (Å²) in [5.74, 6) is -0.492. The minimum atomic E-state index is -0.450. The molecule has 0 saturated carbocycles. The fourth-order valence-corrected chi connectivity index (χ4v) is 3.57. The molecule has 0 spiro atoms. The quantitative estimate of drug-likeness (QED) is 0.592. The highest BCUT2D eigenvalue weighted by Gasteiger charge is 2.24. The summed E-state index contributed by atoms with van der Waals surface area (Å²) in [5.41, 5.74) is 9.30. The van der Waals surface area contributed by atoms with Crippen LogP contribution in [0.15, 0.2) is 67.0 Å². The second-order valence-electron chi connectivity index (χ2n) is 7.61. The lowest BCUT2D eigenvalue weighted by atomic mass is 10.0. The number of ether oxygens (including phenoxy) is 1. The van der Waals surface area contributed by atoms with Crippen molar-refractivity contribution in [2.75, 3.05) is 26.2 Å². The first-order valence-electron chi connectivity index (χ1n) is 10.5. The molecule has 2 amide bonds. The van der Waals surface area contributed by atoms with Crippen molar-refractivity contribution >= 4 is 11.8 Å². The highest BCUT2D eigenvalue weighted by Crippen LogP contribution is 2.24. The molecule has 0 radical (unpaired) electrons. The molecular weight excluding hydrogens is 406 g/mol. The molecule has 0 aliphatic carbocycles. The Morgan fingerprint density at radius 2 is 1.88 bits per heavy atom. The molecule has 3 aromatic rings.